The van der Waals surface area contributed by atoms with Crippen molar-refractivity contribution in [2.45, 2.75) is 13.8 Å². The number of ether oxygens (including phenoxy) is 1. The highest BCUT2D eigenvalue weighted by atomic mass is 79.9. The highest BCUT2D eigenvalue weighted by Gasteiger charge is 2.29. The Balaban J connectivity index is 1.67. The van der Waals surface area contributed by atoms with Crippen LogP contribution in [0.2, 0.25) is 0 Å². The minimum Gasteiger partial charge on any atom is -0.378 e. The smallest absolute Gasteiger partial charge is 0.265 e. The van der Waals surface area contributed by atoms with Gasteiger partial charge >= 0.3 is 0 Å². The van der Waals surface area contributed by atoms with Crippen LogP contribution in [-0.2, 0) is 9.53 Å². The van der Waals surface area contributed by atoms with Crippen molar-refractivity contribution in [3.63, 3.8) is 0 Å². The summed E-state index contributed by atoms with van der Waals surface area (Å²) in [5.74, 6) is -0.0394. The van der Waals surface area contributed by atoms with Crippen LogP contribution >= 0.6 is 39.9 Å². The number of carbonyl (C=O) groups is 1. The number of aromatic nitrogens is 1. The lowest BCUT2D eigenvalue weighted by atomic mass is 10.2. The van der Waals surface area contributed by atoms with Crippen LogP contribution in [0, 0.1) is 13.8 Å². The van der Waals surface area contributed by atoms with Gasteiger partial charge in [0.15, 0.2) is 0 Å². The molecule has 0 aliphatic carbocycles. The molecule has 0 atom stereocenters. The maximum atomic E-state index is 12.3. The minimum absolute atomic E-state index is 0.0394. The van der Waals surface area contributed by atoms with Gasteiger partial charge in [-0.2, -0.15) is 0 Å². The molecule has 2 aliphatic rings. The third kappa shape index (κ3) is 3.91. The van der Waals surface area contributed by atoms with Gasteiger partial charge in [-0.25, -0.2) is 0 Å². The number of hydrogen-bond donors (Lipinski definition) is 0. The topological polar surface area (TPSA) is 37.7 Å². The molecule has 4 rings (SSSR count). The molecular weight excluding hydrogens is 470 g/mol. The lowest BCUT2D eigenvalue weighted by Gasteiger charge is -2.30. The second-order valence-corrected chi connectivity index (χ2v) is 9.67. The van der Waals surface area contributed by atoms with E-state index in [1.807, 2.05) is 6.08 Å². The van der Waals surface area contributed by atoms with Gasteiger partial charge in [-0.15, -0.1) is 0 Å². The molecule has 0 saturated carbocycles. The Hall–Kier alpha value is -1.61. The molecule has 1 aromatic carbocycles. The SMILES string of the molecule is Cc1cc(/C=C2\SC(=S)N(C)C2=O)c(C)n1-c1ccc(N2CCOCC2)c(Br)c1. The standard InChI is InChI=1S/C21H22BrN3O2S2/c1-13-10-15(11-19-20(26)23(3)21(28)29-19)14(2)25(13)16-4-5-18(17(22)12-16)24-6-8-27-9-7-24/h4-5,10-12H,6-9H2,1-3H3/b19-11-. The van der Waals surface area contributed by atoms with Crippen LogP contribution in [0.3, 0.4) is 0 Å². The fraction of sp³-hybridized carbons (Fsp3) is 0.333. The summed E-state index contributed by atoms with van der Waals surface area (Å²) >= 11 is 10.3. The Morgan fingerprint density at radius 1 is 1.21 bits per heavy atom. The summed E-state index contributed by atoms with van der Waals surface area (Å²) < 4.78 is 9.34. The van der Waals surface area contributed by atoms with Crippen LogP contribution in [0.4, 0.5) is 5.69 Å². The van der Waals surface area contributed by atoms with Gasteiger partial charge in [0.25, 0.3) is 5.91 Å². The Labute approximate surface area is 188 Å². The van der Waals surface area contributed by atoms with Crippen LogP contribution in [-0.4, -0.2) is 53.0 Å². The molecule has 2 fully saturated rings. The highest BCUT2D eigenvalue weighted by molar-refractivity contribution is 9.10. The van der Waals surface area contributed by atoms with Crippen molar-refractivity contribution in [3.8, 4) is 5.69 Å². The molecule has 152 valence electrons. The first-order valence-corrected chi connectivity index (χ1v) is 11.4. The molecule has 1 amide bonds. The quantitative estimate of drug-likeness (QED) is 0.465. The summed E-state index contributed by atoms with van der Waals surface area (Å²) in [6, 6.07) is 8.57. The average molecular weight is 492 g/mol. The van der Waals surface area contributed by atoms with Crippen molar-refractivity contribution >= 4 is 61.9 Å². The number of carbonyl (C=O) groups excluding carboxylic acids is 1. The van der Waals surface area contributed by atoms with Crippen LogP contribution in [0.15, 0.2) is 33.6 Å². The molecular formula is C21H22BrN3O2S2. The molecule has 5 nitrogen and oxygen atoms in total. The number of anilines is 1. The number of nitrogens with zero attached hydrogens (tertiary/aromatic N) is 3. The molecule has 0 bridgehead atoms. The van der Waals surface area contributed by atoms with Crippen LogP contribution in [0.5, 0.6) is 0 Å². The minimum atomic E-state index is -0.0394. The van der Waals surface area contributed by atoms with E-state index in [0.717, 1.165) is 53.4 Å². The predicted octanol–water partition coefficient (Wildman–Crippen LogP) is 4.52. The summed E-state index contributed by atoms with van der Waals surface area (Å²) in [5.41, 5.74) is 5.52. The Kier molecular flexibility index (Phi) is 5.88. The summed E-state index contributed by atoms with van der Waals surface area (Å²) in [7, 11) is 1.72. The Bertz CT molecular complexity index is 1030. The zero-order valence-corrected chi connectivity index (χ0v) is 19.8. The van der Waals surface area contributed by atoms with Gasteiger partial charge < -0.3 is 14.2 Å². The summed E-state index contributed by atoms with van der Waals surface area (Å²) in [4.78, 5) is 16.9. The first-order valence-electron chi connectivity index (χ1n) is 9.40. The van der Waals surface area contributed by atoms with E-state index >= 15 is 0 Å². The molecule has 0 spiro atoms. The number of thiocarbonyl (C=S) groups is 1. The number of rotatable bonds is 3. The largest absolute Gasteiger partial charge is 0.378 e. The summed E-state index contributed by atoms with van der Waals surface area (Å²) in [6.45, 7) is 7.49. The number of amides is 1. The third-order valence-corrected chi connectivity index (χ3v) is 7.40. The van der Waals surface area contributed by atoms with E-state index in [-0.39, 0.29) is 5.91 Å². The van der Waals surface area contributed by atoms with Crippen molar-refractivity contribution in [2.24, 2.45) is 0 Å². The molecule has 29 heavy (non-hydrogen) atoms. The normalized spacial score (nSPS) is 19.0. The fourth-order valence-corrected chi connectivity index (χ4v) is 5.50. The molecule has 0 N–H and O–H groups in total. The zero-order valence-electron chi connectivity index (χ0n) is 16.6. The monoisotopic (exact) mass is 491 g/mol. The number of halogens is 1. The van der Waals surface area contributed by atoms with E-state index < -0.39 is 0 Å². The van der Waals surface area contributed by atoms with Crippen molar-refractivity contribution in [1.82, 2.24) is 9.47 Å². The van der Waals surface area contributed by atoms with Crippen molar-refractivity contribution in [2.75, 3.05) is 38.3 Å². The van der Waals surface area contributed by atoms with E-state index in [2.05, 4.69) is 63.5 Å². The number of thioether (sulfide) groups is 1. The predicted molar refractivity (Wildman–Crippen MR) is 127 cm³/mol. The maximum Gasteiger partial charge on any atom is 0.265 e. The molecule has 2 aliphatic heterocycles. The van der Waals surface area contributed by atoms with E-state index in [1.54, 1.807) is 7.05 Å². The molecule has 3 heterocycles. The number of hydrogen-bond acceptors (Lipinski definition) is 5. The molecule has 0 unspecified atom stereocenters. The van der Waals surface area contributed by atoms with Crippen LogP contribution in [0.25, 0.3) is 11.8 Å². The third-order valence-electron chi connectivity index (χ3n) is 5.28. The zero-order chi connectivity index (χ0) is 20.7. The Morgan fingerprint density at radius 3 is 2.55 bits per heavy atom. The van der Waals surface area contributed by atoms with Crippen LogP contribution in [0.1, 0.15) is 17.0 Å². The number of likely N-dealkylation sites (N-methyl/N-ethyl adjacent to an activating group) is 1. The molecule has 1 aromatic heterocycles. The first kappa shape index (κ1) is 20.7. The van der Waals surface area contributed by atoms with Crippen molar-refractivity contribution in [3.05, 3.63) is 50.6 Å². The van der Waals surface area contributed by atoms with Crippen molar-refractivity contribution < 1.29 is 9.53 Å². The van der Waals surface area contributed by atoms with Gasteiger partial charge in [0.1, 0.15) is 4.32 Å². The van der Waals surface area contributed by atoms with E-state index in [1.165, 1.54) is 22.3 Å². The number of benzene rings is 1. The van der Waals surface area contributed by atoms with Gasteiger partial charge in [-0.1, -0.05) is 24.0 Å². The van der Waals surface area contributed by atoms with Gasteiger partial charge in [0.2, 0.25) is 0 Å². The lowest BCUT2D eigenvalue weighted by Crippen LogP contribution is -2.36. The fourth-order valence-electron chi connectivity index (χ4n) is 3.71. The van der Waals surface area contributed by atoms with Gasteiger partial charge in [-0.05, 0) is 65.7 Å². The van der Waals surface area contributed by atoms with Gasteiger partial charge in [0.05, 0.1) is 23.8 Å². The van der Waals surface area contributed by atoms with Gasteiger partial charge in [-0.3, -0.25) is 9.69 Å². The van der Waals surface area contributed by atoms with E-state index in [4.69, 9.17) is 17.0 Å². The Morgan fingerprint density at radius 2 is 1.93 bits per heavy atom. The molecule has 2 aromatic rings. The van der Waals surface area contributed by atoms with Gasteiger partial charge in [0, 0.05) is 41.7 Å². The molecule has 2 saturated heterocycles. The average Bonchev–Trinajstić information content (AvgIpc) is 3.12. The van der Waals surface area contributed by atoms with Crippen molar-refractivity contribution in [1.29, 1.82) is 0 Å². The number of aryl methyl sites for hydroxylation is 1. The van der Waals surface area contributed by atoms with E-state index in [9.17, 15) is 4.79 Å². The number of morpholine rings is 1. The highest BCUT2D eigenvalue weighted by Crippen LogP contribution is 2.34. The second kappa shape index (κ2) is 8.26. The summed E-state index contributed by atoms with van der Waals surface area (Å²) in [5, 5.41) is 0. The van der Waals surface area contributed by atoms with Crippen LogP contribution < -0.4 is 4.90 Å². The summed E-state index contributed by atoms with van der Waals surface area (Å²) in [6.07, 6.45) is 1.94. The molecule has 0 radical (unpaired) electrons. The molecule has 8 heteroatoms. The second-order valence-electron chi connectivity index (χ2n) is 7.14. The lowest BCUT2D eigenvalue weighted by molar-refractivity contribution is -0.121. The van der Waals surface area contributed by atoms with E-state index in [0.29, 0.717) is 9.23 Å². The maximum absolute atomic E-state index is 12.3. The first-order chi connectivity index (χ1) is 13.9.